The standard InChI is InChI=1S/C24H28N2O3/c27-17-22(25-16-23(28)18-29-24-9-5-2-6-10-24)15-19-11-13-21(14-12-19)26-20-7-3-1-4-8-20/h1-14,22-23,25-28H,15-18H2/t22-,23-/m0/s1. The Kier molecular flexibility index (Phi) is 8.07. The Labute approximate surface area is 172 Å². The van der Waals surface area contributed by atoms with E-state index in [4.69, 9.17) is 4.74 Å². The molecule has 4 N–H and O–H groups in total. The number of rotatable bonds is 11. The van der Waals surface area contributed by atoms with Crippen molar-refractivity contribution >= 4 is 11.4 Å². The Morgan fingerprint density at radius 2 is 1.41 bits per heavy atom. The van der Waals surface area contributed by atoms with Crippen LogP contribution >= 0.6 is 0 Å². The summed E-state index contributed by atoms with van der Waals surface area (Å²) in [6.45, 7) is 0.553. The van der Waals surface area contributed by atoms with Gasteiger partial charge in [-0.15, -0.1) is 0 Å². The van der Waals surface area contributed by atoms with Gasteiger partial charge in [-0.25, -0.2) is 0 Å². The monoisotopic (exact) mass is 392 g/mol. The Balaban J connectivity index is 1.43. The van der Waals surface area contributed by atoms with Crippen molar-refractivity contribution in [2.75, 3.05) is 25.1 Å². The van der Waals surface area contributed by atoms with Gasteiger partial charge in [0.2, 0.25) is 0 Å². The van der Waals surface area contributed by atoms with Gasteiger partial charge in [-0.2, -0.15) is 0 Å². The van der Waals surface area contributed by atoms with Gasteiger partial charge in [-0.05, 0) is 48.4 Å². The highest BCUT2D eigenvalue weighted by atomic mass is 16.5. The summed E-state index contributed by atoms with van der Waals surface area (Å²) in [7, 11) is 0. The second kappa shape index (κ2) is 11.2. The van der Waals surface area contributed by atoms with Gasteiger partial charge in [0.15, 0.2) is 0 Å². The lowest BCUT2D eigenvalue weighted by Crippen LogP contribution is -2.41. The zero-order valence-corrected chi connectivity index (χ0v) is 16.4. The van der Waals surface area contributed by atoms with E-state index >= 15 is 0 Å². The van der Waals surface area contributed by atoms with Crippen molar-refractivity contribution in [1.29, 1.82) is 0 Å². The van der Waals surface area contributed by atoms with Crippen LogP contribution in [0.3, 0.4) is 0 Å². The first-order chi connectivity index (χ1) is 14.2. The van der Waals surface area contributed by atoms with E-state index < -0.39 is 6.10 Å². The fourth-order valence-electron chi connectivity index (χ4n) is 2.97. The zero-order valence-electron chi connectivity index (χ0n) is 16.4. The summed E-state index contributed by atoms with van der Waals surface area (Å²) in [5.74, 6) is 0.731. The van der Waals surface area contributed by atoms with Gasteiger partial charge in [-0.3, -0.25) is 0 Å². The predicted octanol–water partition coefficient (Wildman–Crippen LogP) is 3.36. The molecular formula is C24H28N2O3. The molecule has 2 atom stereocenters. The third-order valence-corrected chi connectivity index (χ3v) is 4.55. The van der Waals surface area contributed by atoms with Gasteiger partial charge in [0, 0.05) is 24.0 Å². The molecule has 0 unspecified atom stereocenters. The zero-order chi connectivity index (χ0) is 20.3. The van der Waals surface area contributed by atoms with Crippen molar-refractivity contribution in [2.24, 2.45) is 0 Å². The van der Waals surface area contributed by atoms with E-state index in [1.807, 2.05) is 84.9 Å². The number of benzene rings is 3. The quantitative estimate of drug-likeness (QED) is 0.403. The van der Waals surface area contributed by atoms with E-state index in [1.54, 1.807) is 0 Å². The average Bonchev–Trinajstić information content (AvgIpc) is 2.78. The number of aliphatic hydroxyl groups is 2. The molecule has 152 valence electrons. The minimum Gasteiger partial charge on any atom is -0.491 e. The molecule has 3 aromatic carbocycles. The lowest BCUT2D eigenvalue weighted by molar-refractivity contribution is 0.0997. The van der Waals surface area contributed by atoms with Crippen molar-refractivity contribution in [3.8, 4) is 5.75 Å². The maximum atomic E-state index is 10.1. The summed E-state index contributed by atoms with van der Waals surface area (Å²) < 4.78 is 5.55. The Morgan fingerprint density at radius 1 is 0.793 bits per heavy atom. The van der Waals surface area contributed by atoms with E-state index in [-0.39, 0.29) is 19.3 Å². The summed E-state index contributed by atoms with van der Waals surface area (Å²) in [4.78, 5) is 0. The smallest absolute Gasteiger partial charge is 0.119 e. The fourth-order valence-corrected chi connectivity index (χ4v) is 2.97. The first-order valence-electron chi connectivity index (χ1n) is 9.84. The largest absolute Gasteiger partial charge is 0.491 e. The molecule has 0 spiro atoms. The Hall–Kier alpha value is -2.86. The second-order valence-corrected chi connectivity index (χ2v) is 6.96. The third-order valence-electron chi connectivity index (χ3n) is 4.55. The summed E-state index contributed by atoms with van der Waals surface area (Å²) >= 11 is 0. The van der Waals surface area contributed by atoms with Gasteiger partial charge >= 0.3 is 0 Å². The number of ether oxygens (including phenoxy) is 1. The van der Waals surface area contributed by atoms with Crippen LogP contribution in [0, 0.1) is 0 Å². The summed E-state index contributed by atoms with van der Waals surface area (Å²) in [6.07, 6.45) is 0.0238. The molecule has 0 aliphatic rings. The fraction of sp³-hybridized carbons (Fsp3) is 0.250. The molecule has 0 aliphatic carbocycles. The molecule has 0 amide bonds. The van der Waals surface area contributed by atoms with E-state index in [1.165, 1.54) is 0 Å². The molecule has 5 nitrogen and oxygen atoms in total. The molecule has 0 radical (unpaired) electrons. The molecule has 3 aromatic rings. The minimum absolute atomic E-state index is 0.00369. The van der Waals surface area contributed by atoms with E-state index in [0.717, 1.165) is 22.7 Å². The highest BCUT2D eigenvalue weighted by Crippen LogP contribution is 2.17. The average molecular weight is 392 g/mol. The van der Waals surface area contributed by atoms with Gasteiger partial charge in [-0.1, -0.05) is 48.5 Å². The summed E-state index contributed by atoms with van der Waals surface area (Å²) in [5.41, 5.74) is 3.17. The van der Waals surface area contributed by atoms with Crippen LogP contribution in [0.4, 0.5) is 11.4 Å². The topological polar surface area (TPSA) is 73.8 Å². The molecule has 0 aromatic heterocycles. The molecule has 0 bridgehead atoms. The highest BCUT2D eigenvalue weighted by Gasteiger charge is 2.12. The normalized spacial score (nSPS) is 12.9. The number of hydrogen-bond donors (Lipinski definition) is 4. The number of hydrogen-bond acceptors (Lipinski definition) is 5. The van der Waals surface area contributed by atoms with Crippen LogP contribution in [0.1, 0.15) is 5.56 Å². The van der Waals surface area contributed by atoms with Gasteiger partial charge in [0.25, 0.3) is 0 Å². The first-order valence-corrected chi connectivity index (χ1v) is 9.84. The molecule has 0 aliphatic heterocycles. The van der Waals surface area contributed by atoms with E-state index in [9.17, 15) is 10.2 Å². The van der Waals surface area contributed by atoms with Crippen LogP contribution in [-0.2, 0) is 6.42 Å². The molecule has 3 rings (SSSR count). The number of nitrogens with one attached hydrogen (secondary N) is 2. The minimum atomic E-state index is -0.651. The van der Waals surface area contributed by atoms with Gasteiger partial charge in [0.1, 0.15) is 18.5 Å². The van der Waals surface area contributed by atoms with E-state index in [2.05, 4.69) is 10.6 Å². The maximum Gasteiger partial charge on any atom is 0.119 e. The van der Waals surface area contributed by atoms with Crippen LogP contribution in [0.25, 0.3) is 0 Å². The first kappa shape index (κ1) is 20.9. The number of para-hydroxylation sites is 2. The van der Waals surface area contributed by atoms with Crippen LogP contribution in [0.15, 0.2) is 84.9 Å². The summed E-state index contributed by atoms with van der Waals surface area (Å²) in [6, 6.07) is 27.4. The van der Waals surface area contributed by atoms with Crippen LogP contribution in [-0.4, -0.2) is 42.1 Å². The van der Waals surface area contributed by atoms with Crippen molar-refractivity contribution in [1.82, 2.24) is 5.32 Å². The predicted molar refractivity (Wildman–Crippen MR) is 117 cm³/mol. The number of aliphatic hydroxyl groups excluding tert-OH is 2. The molecular weight excluding hydrogens is 364 g/mol. The molecule has 29 heavy (non-hydrogen) atoms. The van der Waals surface area contributed by atoms with Gasteiger partial charge < -0.3 is 25.6 Å². The lowest BCUT2D eigenvalue weighted by atomic mass is 10.1. The van der Waals surface area contributed by atoms with Crippen LogP contribution in [0.2, 0.25) is 0 Å². The SMILES string of the molecule is OC[C@H](Cc1ccc(Nc2ccccc2)cc1)NC[C@H](O)COc1ccccc1. The van der Waals surface area contributed by atoms with Crippen LogP contribution < -0.4 is 15.4 Å². The van der Waals surface area contributed by atoms with Crippen LogP contribution in [0.5, 0.6) is 5.75 Å². The second-order valence-electron chi connectivity index (χ2n) is 6.96. The highest BCUT2D eigenvalue weighted by molar-refractivity contribution is 5.59. The molecule has 0 saturated heterocycles. The van der Waals surface area contributed by atoms with Crippen molar-refractivity contribution in [3.05, 3.63) is 90.5 Å². The van der Waals surface area contributed by atoms with Gasteiger partial charge in [0.05, 0.1) is 6.61 Å². The Morgan fingerprint density at radius 3 is 2.07 bits per heavy atom. The summed E-state index contributed by atoms with van der Waals surface area (Å²) in [5, 5.41) is 26.4. The van der Waals surface area contributed by atoms with E-state index in [0.29, 0.717) is 13.0 Å². The molecule has 0 saturated carbocycles. The lowest BCUT2D eigenvalue weighted by Gasteiger charge is -2.19. The van der Waals surface area contributed by atoms with Crippen molar-refractivity contribution < 1.29 is 14.9 Å². The molecule has 0 heterocycles. The maximum absolute atomic E-state index is 10.1. The van der Waals surface area contributed by atoms with Crippen molar-refractivity contribution in [2.45, 2.75) is 18.6 Å². The number of anilines is 2. The third kappa shape index (κ3) is 7.23. The van der Waals surface area contributed by atoms with Crippen molar-refractivity contribution in [3.63, 3.8) is 0 Å². The molecule has 5 heteroatoms. The Bertz CT molecular complexity index is 826. The molecule has 0 fully saturated rings.